The zero-order valence-corrected chi connectivity index (χ0v) is 20.7. The van der Waals surface area contributed by atoms with Crippen LogP contribution in [0.2, 0.25) is 0 Å². The molecule has 0 spiro atoms. The lowest BCUT2D eigenvalue weighted by atomic mass is 10.1. The van der Waals surface area contributed by atoms with Gasteiger partial charge in [0.05, 0.1) is 18.7 Å². The summed E-state index contributed by atoms with van der Waals surface area (Å²) in [5.41, 5.74) is 1.07. The van der Waals surface area contributed by atoms with Crippen molar-refractivity contribution in [2.45, 2.75) is 45.3 Å². The highest BCUT2D eigenvalue weighted by atomic mass is 16.7. The predicted octanol–water partition coefficient (Wildman–Crippen LogP) is 3.75. The molecule has 188 valence electrons. The van der Waals surface area contributed by atoms with Gasteiger partial charge in [-0.25, -0.2) is 14.6 Å². The molecule has 2 aliphatic heterocycles. The first-order valence-electron chi connectivity index (χ1n) is 12.1. The third kappa shape index (κ3) is 7.08. The number of piperidine rings is 1. The van der Waals surface area contributed by atoms with Gasteiger partial charge in [0.15, 0.2) is 0 Å². The van der Waals surface area contributed by atoms with Gasteiger partial charge in [0.1, 0.15) is 11.7 Å². The number of likely N-dealkylation sites (tertiary alicyclic amines) is 1. The summed E-state index contributed by atoms with van der Waals surface area (Å²) in [6, 6.07) is 12.9. The van der Waals surface area contributed by atoms with Gasteiger partial charge in [-0.2, -0.15) is 0 Å². The number of hydroxylamine groups is 2. The summed E-state index contributed by atoms with van der Waals surface area (Å²) in [5.74, 6) is 0.243. The predicted molar refractivity (Wildman–Crippen MR) is 131 cm³/mol. The second-order valence-electron chi connectivity index (χ2n) is 9.80. The molecule has 4 rings (SSSR count). The number of carbonyl (C=O) groups is 2. The molecule has 9 heteroatoms. The van der Waals surface area contributed by atoms with E-state index in [2.05, 4.69) is 9.88 Å². The van der Waals surface area contributed by atoms with Crippen LogP contribution >= 0.6 is 0 Å². The van der Waals surface area contributed by atoms with Crippen LogP contribution < -0.4 is 9.64 Å². The molecule has 2 aromatic rings. The molecular formula is C26H34N4O5. The van der Waals surface area contributed by atoms with E-state index in [4.69, 9.17) is 14.3 Å². The molecule has 0 aliphatic carbocycles. The van der Waals surface area contributed by atoms with E-state index in [-0.39, 0.29) is 18.2 Å². The van der Waals surface area contributed by atoms with Crippen LogP contribution in [-0.4, -0.2) is 78.0 Å². The van der Waals surface area contributed by atoms with Gasteiger partial charge in [-0.15, -0.1) is 5.06 Å². The number of carbonyl (C=O) groups excluding carboxylic acids is 2. The standard InChI is InChI=1S/C26H34N4O5/c1-26(2,3)34-25(32)29-13-10-22(11-14-29)33-23-19-21(9-12-27-23)28-15-17-30(18-16-28)35-24(31)20-7-5-4-6-8-20/h4-9,12,19,22H,10-11,13-18H2,1-3H3. The van der Waals surface area contributed by atoms with Crippen molar-refractivity contribution < 1.29 is 23.9 Å². The van der Waals surface area contributed by atoms with Crippen molar-refractivity contribution in [3.63, 3.8) is 0 Å². The van der Waals surface area contributed by atoms with Crippen molar-refractivity contribution in [2.75, 3.05) is 44.2 Å². The molecule has 0 saturated carbocycles. The lowest BCUT2D eigenvalue weighted by molar-refractivity contribution is -0.112. The van der Waals surface area contributed by atoms with Gasteiger partial charge in [-0.05, 0) is 39.0 Å². The van der Waals surface area contributed by atoms with Gasteiger partial charge < -0.3 is 24.1 Å². The molecule has 35 heavy (non-hydrogen) atoms. The summed E-state index contributed by atoms with van der Waals surface area (Å²) in [5, 5.41) is 1.71. The van der Waals surface area contributed by atoms with Crippen LogP contribution in [0.25, 0.3) is 0 Å². The fourth-order valence-electron chi connectivity index (χ4n) is 4.10. The normalized spacial score (nSPS) is 17.7. The Balaban J connectivity index is 1.24. The number of pyridine rings is 1. The monoisotopic (exact) mass is 482 g/mol. The Morgan fingerprint density at radius 3 is 2.29 bits per heavy atom. The summed E-state index contributed by atoms with van der Waals surface area (Å²) in [7, 11) is 0. The van der Waals surface area contributed by atoms with Crippen molar-refractivity contribution in [2.24, 2.45) is 0 Å². The lowest BCUT2D eigenvalue weighted by Crippen LogP contribution is -2.47. The highest BCUT2D eigenvalue weighted by molar-refractivity contribution is 5.89. The number of anilines is 1. The first-order chi connectivity index (χ1) is 16.8. The molecule has 0 radical (unpaired) electrons. The minimum atomic E-state index is -0.496. The fraction of sp³-hybridized carbons (Fsp3) is 0.500. The number of aromatic nitrogens is 1. The molecular weight excluding hydrogens is 448 g/mol. The number of hydrogen-bond acceptors (Lipinski definition) is 8. The molecule has 0 unspecified atom stereocenters. The molecule has 0 bridgehead atoms. The van der Waals surface area contributed by atoms with Crippen LogP contribution in [0.1, 0.15) is 44.0 Å². The number of benzene rings is 1. The molecule has 1 aromatic carbocycles. The summed E-state index contributed by atoms with van der Waals surface area (Å²) >= 11 is 0. The Morgan fingerprint density at radius 2 is 1.63 bits per heavy atom. The number of nitrogens with zero attached hydrogens (tertiary/aromatic N) is 4. The van der Waals surface area contributed by atoms with Gasteiger partial charge in [0, 0.05) is 57.0 Å². The van der Waals surface area contributed by atoms with Crippen LogP contribution in [0.4, 0.5) is 10.5 Å². The molecule has 0 atom stereocenters. The van der Waals surface area contributed by atoms with Gasteiger partial charge >= 0.3 is 12.1 Å². The van der Waals surface area contributed by atoms with Crippen LogP contribution in [0.5, 0.6) is 5.88 Å². The largest absolute Gasteiger partial charge is 0.474 e. The second-order valence-corrected chi connectivity index (χ2v) is 9.80. The first kappa shape index (κ1) is 24.8. The molecule has 2 aliphatic rings. The average molecular weight is 483 g/mol. The van der Waals surface area contributed by atoms with E-state index in [0.717, 1.165) is 31.6 Å². The maximum absolute atomic E-state index is 12.3. The summed E-state index contributed by atoms with van der Waals surface area (Å²) in [6.45, 7) is 9.48. The van der Waals surface area contributed by atoms with Crippen molar-refractivity contribution in [3.05, 3.63) is 54.2 Å². The SMILES string of the molecule is CC(C)(C)OC(=O)N1CCC(Oc2cc(N3CCN(OC(=O)c4ccccc4)CC3)ccn2)CC1. The van der Waals surface area contributed by atoms with E-state index in [1.165, 1.54) is 0 Å². The summed E-state index contributed by atoms with van der Waals surface area (Å²) in [6.07, 6.45) is 2.95. The smallest absolute Gasteiger partial charge is 0.410 e. The Morgan fingerprint density at radius 1 is 0.943 bits per heavy atom. The quantitative estimate of drug-likeness (QED) is 0.637. The number of piperazine rings is 1. The average Bonchev–Trinajstić information content (AvgIpc) is 2.84. The van der Waals surface area contributed by atoms with Crippen LogP contribution in [0.3, 0.4) is 0 Å². The molecule has 2 saturated heterocycles. The van der Waals surface area contributed by atoms with Crippen LogP contribution in [0, 0.1) is 0 Å². The Kier molecular flexibility index (Phi) is 7.75. The Hall–Kier alpha value is -3.33. The van der Waals surface area contributed by atoms with Crippen molar-refractivity contribution >= 4 is 17.7 Å². The van der Waals surface area contributed by atoms with Gasteiger partial charge in [0.2, 0.25) is 5.88 Å². The highest BCUT2D eigenvalue weighted by Crippen LogP contribution is 2.24. The van der Waals surface area contributed by atoms with E-state index in [1.807, 2.05) is 51.1 Å². The second kappa shape index (κ2) is 10.9. The maximum atomic E-state index is 12.3. The molecule has 1 aromatic heterocycles. The minimum Gasteiger partial charge on any atom is -0.474 e. The first-order valence-corrected chi connectivity index (χ1v) is 12.1. The molecule has 3 heterocycles. The van der Waals surface area contributed by atoms with Crippen molar-refractivity contribution in [1.82, 2.24) is 14.9 Å². The number of ether oxygens (including phenoxy) is 2. The topological polar surface area (TPSA) is 84.4 Å². The van der Waals surface area contributed by atoms with Crippen LogP contribution in [0.15, 0.2) is 48.7 Å². The minimum absolute atomic E-state index is 0.00526. The fourth-order valence-corrected chi connectivity index (χ4v) is 4.10. The number of rotatable bonds is 5. The van der Waals surface area contributed by atoms with Gasteiger partial charge in [-0.3, -0.25) is 0 Å². The molecule has 9 nitrogen and oxygen atoms in total. The maximum Gasteiger partial charge on any atom is 0.410 e. The van der Waals surface area contributed by atoms with E-state index in [0.29, 0.717) is 37.6 Å². The molecule has 1 amide bonds. The zero-order chi connectivity index (χ0) is 24.8. The van der Waals surface area contributed by atoms with Crippen molar-refractivity contribution in [3.8, 4) is 5.88 Å². The molecule has 2 fully saturated rings. The van der Waals surface area contributed by atoms with Crippen molar-refractivity contribution in [1.29, 1.82) is 0 Å². The van der Waals surface area contributed by atoms with Gasteiger partial charge in [0.25, 0.3) is 0 Å². The Labute approximate surface area is 206 Å². The Bertz CT molecular complexity index is 994. The van der Waals surface area contributed by atoms with Gasteiger partial charge in [-0.1, -0.05) is 18.2 Å². The van der Waals surface area contributed by atoms with E-state index in [1.54, 1.807) is 28.3 Å². The molecule has 0 N–H and O–H groups in total. The third-order valence-corrected chi connectivity index (χ3v) is 5.92. The van der Waals surface area contributed by atoms with E-state index in [9.17, 15) is 9.59 Å². The third-order valence-electron chi connectivity index (χ3n) is 5.92. The zero-order valence-electron chi connectivity index (χ0n) is 20.7. The summed E-state index contributed by atoms with van der Waals surface area (Å²) < 4.78 is 11.6. The highest BCUT2D eigenvalue weighted by Gasteiger charge is 2.28. The van der Waals surface area contributed by atoms with Crippen LogP contribution in [-0.2, 0) is 9.57 Å². The van der Waals surface area contributed by atoms with E-state index < -0.39 is 5.60 Å². The number of amides is 1. The van der Waals surface area contributed by atoms with E-state index >= 15 is 0 Å². The lowest BCUT2D eigenvalue weighted by Gasteiger charge is -2.35. The number of hydrogen-bond donors (Lipinski definition) is 0. The summed E-state index contributed by atoms with van der Waals surface area (Å²) in [4.78, 5) is 38.4.